The number of unbranched alkanes of at least 4 members (excludes halogenated alkanes) is 4. The summed E-state index contributed by atoms with van der Waals surface area (Å²) in [5.74, 6) is 0.102. The molecule has 0 rings (SSSR count). The lowest BCUT2D eigenvalue weighted by Gasteiger charge is -2.22. The van der Waals surface area contributed by atoms with Gasteiger partial charge in [0.25, 0.3) is 0 Å². The van der Waals surface area contributed by atoms with E-state index in [9.17, 15) is 8.42 Å². The zero-order chi connectivity index (χ0) is 13.9. The van der Waals surface area contributed by atoms with Gasteiger partial charge in [-0.3, -0.25) is 0 Å². The Hall–Kier alpha value is -0.130. The molecule has 110 valence electrons. The molecule has 0 saturated heterocycles. The standard InChI is InChI=1S/C13H30N2O2S/c1-3-5-7-10-15(11-8-6-4-2)12-9-13-18(14,16)17/h3-13H2,1-2H3,(H2,14,16,17). The van der Waals surface area contributed by atoms with Crippen molar-refractivity contribution < 1.29 is 8.42 Å². The van der Waals surface area contributed by atoms with Crippen LogP contribution >= 0.6 is 0 Å². The van der Waals surface area contributed by atoms with Crippen LogP contribution in [0.25, 0.3) is 0 Å². The molecule has 0 aliphatic carbocycles. The van der Waals surface area contributed by atoms with E-state index in [0.29, 0.717) is 6.42 Å². The third-order valence-corrected chi connectivity index (χ3v) is 3.92. The predicted octanol–water partition coefficient (Wildman–Crippen LogP) is 2.35. The van der Waals surface area contributed by atoms with Crippen LogP contribution in [0.3, 0.4) is 0 Å². The van der Waals surface area contributed by atoms with Crippen LogP contribution in [0.4, 0.5) is 0 Å². The van der Waals surface area contributed by atoms with E-state index in [1.54, 1.807) is 0 Å². The van der Waals surface area contributed by atoms with Crippen molar-refractivity contribution in [2.24, 2.45) is 5.14 Å². The first-order valence-electron chi connectivity index (χ1n) is 7.22. The molecule has 0 spiro atoms. The smallest absolute Gasteiger partial charge is 0.209 e. The second kappa shape index (κ2) is 10.8. The van der Waals surface area contributed by atoms with E-state index < -0.39 is 10.0 Å². The van der Waals surface area contributed by atoms with Gasteiger partial charge < -0.3 is 4.90 Å². The first-order valence-corrected chi connectivity index (χ1v) is 8.94. The molecule has 0 fully saturated rings. The van der Waals surface area contributed by atoms with Crippen molar-refractivity contribution >= 4 is 10.0 Å². The monoisotopic (exact) mass is 278 g/mol. The van der Waals surface area contributed by atoms with Gasteiger partial charge in [-0.25, -0.2) is 13.6 Å². The van der Waals surface area contributed by atoms with E-state index >= 15 is 0 Å². The van der Waals surface area contributed by atoms with Crippen LogP contribution in [0.2, 0.25) is 0 Å². The first kappa shape index (κ1) is 17.9. The van der Waals surface area contributed by atoms with Crippen molar-refractivity contribution in [3.8, 4) is 0 Å². The van der Waals surface area contributed by atoms with Crippen LogP contribution in [-0.4, -0.2) is 38.7 Å². The maximum absolute atomic E-state index is 10.9. The summed E-state index contributed by atoms with van der Waals surface area (Å²) in [7, 11) is -3.30. The van der Waals surface area contributed by atoms with E-state index in [4.69, 9.17) is 5.14 Å². The highest BCUT2D eigenvalue weighted by Gasteiger charge is 2.07. The summed E-state index contributed by atoms with van der Waals surface area (Å²) >= 11 is 0. The van der Waals surface area contributed by atoms with Crippen LogP contribution in [0, 0.1) is 0 Å². The van der Waals surface area contributed by atoms with Crippen molar-refractivity contribution in [3.63, 3.8) is 0 Å². The van der Waals surface area contributed by atoms with Crippen LogP contribution in [0.5, 0.6) is 0 Å². The zero-order valence-electron chi connectivity index (χ0n) is 12.0. The summed E-state index contributed by atoms with van der Waals surface area (Å²) in [4.78, 5) is 2.39. The van der Waals surface area contributed by atoms with Gasteiger partial charge >= 0.3 is 0 Å². The fourth-order valence-electron chi connectivity index (χ4n) is 2.00. The van der Waals surface area contributed by atoms with Crippen molar-refractivity contribution in [2.75, 3.05) is 25.4 Å². The number of hydrogen-bond donors (Lipinski definition) is 1. The molecule has 18 heavy (non-hydrogen) atoms. The lowest BCUT2D eigenvalue weighted by molar-refractivity contribution is 0.263. The molecule has 2 N–H and O–H groups in total. The molecule has 0 amide bonds. The van der Waals surface area contributed by atoms with Gasteiger partial charge in [0.05, 0.1) is 5.75 Å². The second-order valence-corrected chi connectivity index (χ2v) is 6.71. The number of sulfonamides is 1. The molecule has 0 aromatic rings. The van der Waals surface area contributed by atoms with Gasteiger partial charge in [-0.15, -0.1) is 0 Å². The molecule has 0 aliphatic rings. The molecule has 0 aromatic heterocycles. The van der Waals surface area contributed by atoms with Crippen molar-refractivity contribution in [1.82, 2.24) is 4.90 Å². The normalized spacial score (nSPS) is 12.2. The molecule has 0 radical (unpaired) electrons. The summed E-state index contributed by atoms with van der Waals surface area (Å²) in [6, 6.07) is 0. The lowest BCUT2D eigenvalue weighted by atomic mass is 10.2. The van der Waals surface area contributed by atoms with E-state index in [1.807, 2.05) is 0 Å². The third kappa shape index (κ3) is 12.3. The molecule has 0 aromatic carbocycles. The van der Waals surface area contributed by atoms with Crippen molar-refractivity contribution in [2.45, 2.75) is 58.8 Å². The molecule has 0 saturated carbocycles. The number of primary sulfonamides is 1. The van der Waals surface area contributed by atoms with Crippen LogP contribution in [0.15, 0.2) is 0 Å². The Labute approximate surface area is 113 Å². The second-order valence-electron chi connectivity index (χ2n) is 4.98. The number of nitrogens with zero attached hydrogens (tertiary/aromatic N) is 1. The molecule has 0 unspecified atom stereocenters. The Bertz CT molecular complexity index is 269. The van der Waals surface area contributed by atoms with Crippen LogP contribution in [0.1, 0.15) is 58.8 Å². The van der Waals surface area contributed by atoms with Crippen molar-refractivity contribution in [3.05, 3.63) is 0 Å². The van der Waals surface area contributed by atoms with Gasteiger partial charge in [-0.05, 0) is 38.9 Å². The molecule has 0 bridgehead atoms. The molecular formula is C13H30N2O2S. The molecular weight excluding hydrogens is 248 g/mol. The fraction of sp³-hybridized carbons (Fsp3) is 1.00. The number of hydrogen-bond acceptors (Lipinski definition) is 3. The Morgan fingerprint density at radius 2 is 1.28 bits per heavy atom. The minimum Gasteiger partial charge on any atom is -0.303 e. The average Bonchev–Trinajstić information content (AvgIpc) is 2.27. The Kier molecular flexibility index (Phi) is 10.7. The highest BCUT2D eigenvalue weighted by atomic mass is 32.2. The summed E-state index contributed by atoms with van der Waals surface area (Å²) in [5, 5.41) is 5.02. The summed E-state index contributed by atoms with van der Waals surface area (Å²) in [6.45, 7) is 7.42. The maximum Gasteiger partial charge on any atom is 0.209 e. The summed E-state index contributed by atoms with van der Waals surface area (Å²) in [6.07, 6.45) is 8.01. The largest absolute Gasteiger partial charge is 0.303 e. The molecule has 0 atom stereocenters. The Morgan fingerprint density at radius 3 is 1.67 bits per heavy atom. The number of rotatable bonds is 12. The van der Waals surface area contributed by atoms with Gasteiger partial charge in [-0.2, -0.15) is 0 Å². The third-order valence-electron chi connectivity index (χ3n) is 3.06. The molecule has 5 heteroatoms. The summed E-state index contributed by atoms with van der Waals surface area (Å²) < 4.78 is 21.8. The maximum atomic E-state index is 10.9. The predicted molar refractivity (Wildman–Crippen MR) is 78.1 cm³/mol. The van der Waals surface area contributed by atoms with Crippen molar-refractivity contribution in [1.29, 1.82) is 0 Å². The SMILES string of the molecule is CCCCCN(CCCCC)CCCS(N)(=O)=O. The minimum atomic E-state index is -3.30. The molecule has 0 aliphatic heterocycles. The van der Waals surface area contributed by atoms with E-state index in [-0.39, 0.29) is 5.75 Å². The Balaban J connectivity index is 3.87. The van der Waals surface area contributed by atoms with E-state index in [1.165, 1.54) is 38.5 Å². The van der Waals surface area contributed by atoms with Crippen LogP contribution in [-0.2, 0) is 10.0 Å². The quantitative estimate of drug-likeness (QED) is 0.557. The van der Waals surface area contributed by atoms with Crippen LogP contribution < -0.4 is 5.14 Å². The average molecular weight is 278 g/mol. The van der Waals surface area contributed by atoms with E-state index in [2.05, 4.69) is 18.7 Å². The highest BCUT2D eigenvalue weighted by Crippen LogP contribution is 2.04. The zero-order valence-corrected chi connectivity index (χ0v) is 12.8. The van der Waals surface area contributed by atoms with Gasteiger partial charge in [0, 0.05) is 0 Å². The molecule has 4 nitrogen and oxygen atoms in total. The van der Waals surface area contributed by atoms with Gasteiger partial charge in [0.2, 0.25) is 10.0 Å². The molecule has 0 heterocycles. The highest BCUT2D eigenvalue weighted by molar-refractivity contribution is 7.89. The minimum absolute atomic E-state index is 0.102. The fourth-order valence-corrected chi connectivity index (χ4v) is 2.53. The number of nitrogens with two attached hydrogens (primary N) is 1. The van der Waals surface area contributed by atoms with E-state index in [0.717, 1.165) is 19.6 Å². The lowest BCUT2D eigenvalue weighted by Crippen LogP contribution is -2.29. The van der Waals surface area contributed by atoms with Gasteiger partial charge in [0.15, 0.2) is 0 Å². The Morgan fingerprint density at radius 1 is 0.833 bits per heavy atom. The topological polar surface area (TPSA) is 63.4 Å². The van der Waals surface area contributed by atoms with Gasteiger partial charge in [0.1, 0.15) is 0 Å². The van der Waals surface area contributed by atoms with Gasteiger partial charge in [-0.1, -0.05) is 39.5 Å². The summed E-state index contributed by atoms with van der Waals surface area (Å²) in [5.41, 5.74) is 0. The first-order chi connectivity index (χ1) is 8.49.